The summed E-state index contributed by atoms with van der Waals surface area (Å²) in [7, 11) is 0. The van der Waals surface area contributed by atoms with Crippen LogP contribution in [0.3, 0.4) is 0 Å². The van der Waals surface area contributed by atoms with Crippen LogP contribution in [0.5, 0.6) is 0 Å². The molecule has 0 bridgehead atoms. The fourth-order valence-corrected chi connectivity index (χ4v) is 1.13. The molecule has 1 aromatic rings. The lowest BCUT2D eigenvalue weighted by Crippen LogP contribution is -2.40. The maximum absolute atomic E-state index is 13.3. The zero-order valence-corrected chi connectivity index (χ0v) is 8.48. The van der Waals surface area contributed by atoms with E-state index in [0.29, 0.717) is 0 Å². The van der Waals surface area contributed by atoms with Crippen molar-refractivity contribution in [1.82, 2.24) is 5.32 Å². The summed E-state index contributed by atoms with van der Waals surface area (Å²) in [5.41, 5.74) is 5.37. The quantitative estimate of drug-likeness (QED) is 0.522. The van der Waals surface area contributed by atoms with E-state index in [1.807, 2.05) is 0 Å². The first kappa shape index (κ1) is 12.4. The molecule has 16 heavy (non-hydrogen) atoms. The number of carbonyl (C=O) groups excluding carboxylic acids is 1. The number of amides is 1. The molecule has 6 heteroatoms. The molecule has 0 spiro atoms. The largest absolute Gasteiger partial charge is 0.399 e. The van der Waals surface area contributed by atoms with Crippen molar-refractivity contribution in [1.29, 1.82) is 0 Å². The number of hydrogen-bond donors (Lipinski definition) is 4. The Kier molecular flexibility index (Phi) is 4.21. The first-order chi connectivity index (χ1) is 7.58. The monoisotopic (exact) mass is 228 g/mol. The fourth-order valence-electron chi connectivity index (χ4n) is 1.13. The van der Waals surface area contributed by atoms with Crippen molar-refractivity contribution in [2.45, 2.75) is 6.04 Å². The molecule has 0 radical (unpaired) electrons. The van der Waals surface area contributed by atoms with E-state index < -0.39 is 31.0 Å². The van der Waals surface area contributed by atoms with E-state index in [2.05, 4.69) is 5.32 Å². The molecule has 0 aromatic heterocycles. The third-order valence-corrected chi connectivity index (χ3v) is 2.01. The number of benzene rings is 1. The second-order valence-corrected chi connectivity index (χ2v) is 3.27. The third kappa shape index (κ3) is 2.91. The van der Waals surface area contributed by atoms with Gasteiger partial charge in [-0.3, -0.25) is 4.79 Å². The summed E-state index contributed by atoms with van der Waals surface area (Å²) in [6.45, 7) is -0.836. The van der Waals surface area contributed by atoms with Crippen molar-refractivity contribution in [3.63, 3.8) is 0 Å². The minimum absolute atomic E-state index is 0.180. The molecule has 88 valence electrons. The number of anilines is 1. The molecule has 0 aliphatic heterocycles. The van der Waals surface area contributed by atoms with Gasteiger partial charge in [-0.25, -0.2) is 4.39 Å². The highest BCUT2D eigenvalue weighted by Crippen LogP contribution is 2.11. The second kappa shape index (κ2) is 5.43. The summed E-state index contributed by atoms with van der Waals surface area (Å²) >= 11 is 0. The summed E-state index contributed by atoms with van der Waals surface area (Å²) < 4.78 is 13.3. The first-order valence-corrected chi connectivity index (χ1v) is 4.66. The predicted molar refractivity (Wildman–Crippen MR) is 56.2 cm³/mol. The van der Waals surface area contributed by atoms with Crippen LogP contribution in [0.25, 0.3) is 0 Å². The molecule has 0 aliphatic carbocycles. The van der Waals surface area contributed by atoms with Crippen LogP contribution in [-0.4, -0.2) is 35.4 Å². The fraction of sp³-hybridized carbons (Fsp3) is 0.300. The minimum Gasteiger partial charge on any atom is -0.399 e. The van der Waals surface area contributed by atoms with Crippen LogP contribution in [-0.2, 0) is 0 Å². The SMILES string of the molecule is Nc1ccc(C(=O)NC(CO)CO)c(F)c1. The lowest BCUT2D eigenvalue weighted by atomic mass is 10.1. The minimum atomic E-state index is -0.801. The molecule has 5 N–H and O–H groups in total. The molecular weight excluding hydrogens is 215 g/mol. The van der Waals surface area contributed by atoms with Gasteiger partial charge < -0.3 is 21.3 Å². The van der Waals surface area contributed by atoms with E-state index in [-0.39, 0.29) is 11.3 Å². The number of aliphatic hydroxyl groups excluding tert-OH is 2. The summed E-state index contributed by atoms with van der Waals surface area (Å²) in [6, 6.07) is 2.86. The number of halogens is 1. The van der Waals surface area contributed by atoms with Gasteiger partial charge in [-0.2, -0.15) is 0 Å². The summed E-state index contributed by atoms with van der Waals surface area (Å²) in [5, 5.41) is 19.8. The van der Waals surface area contributed by atoms with E-state index in [4.69, 9.17) is 15.9 Å². The number of rotatable bonds is 4. The Morgan fingerprint density at radius 1 is 1.44 bits per heavy atom. The molecule has 0 saturated carbocycles. The molecule has 0 saturated heterocycles. The van der Waals surface area contributed by atoms with E-state index in [9.17, 15) is 9.18 Å². The van der Waals surface area contributed by atoms with Crippen LogP contribution in [0.1, 0.15) is 10.4 Å². The van der Waals surface area contributed by atoms with Crippen LogP contribution in [0.4, 0.5) is 10.1 Å². The van der Waals surface area contributed by atoms with Gasteiger partial charge >= 0.3 is 0 Å². The van der Waals surface area contributed by atoms with Gasteiger partial charge in [0.25, 0.3) is 5.91 Å². The smallest absolute Gasteiger partial charge is 0.254 e. The van der Waals surface area contributed by atoms with Gasteiger partial charge in [0, 0.05) is 5.69 Å². The van der Waals surface area contributed by atoms with Crippen molar-refractivity contribution < 1.29 is 19.4 Å². The number of nitrogens with one attached hydrogen (secondary N) is 1. The topological polar surface area (TPSA) is 95.6 Å². The Hall–Kier alpha value is -1.66. The summed E-state index contributed by atoms with van der Waals surface area (Å²) in [4.78, 5) is 11.5. The Labute approximate surface area is 91.7 Å². The molecule has 1 amide bonds. The van der Waals surface area contributed by atoms with E-state index in [0.717, 1.165) is 6.07 Å². The number of carbonyl (C=O) groups is 1. The Balaban J connectivity index is 2.80. The van der Waals surface area contributed by atoms with Crippen LogP contribution >= 0.6 is 0 Å². The van der Waals surface area contributed by atoms with Gasteiger partial charge in [0.05, 0.1) is 24.8 Å². The molecule has 0 aliphatic rings. The molecule has 1 rings (SSSR count). The average molecular weight is 228 g/mol. The van der Waals surface area contributed by atoms with Gasteiger partial charge in [0.15, 0.2) is 0 Å². The lowest BCUT2D eigenvalue weighted by Gasteiger charge is -2.13. The zero-order chi connectivity index (χ0) is 12.1. The Morgan fingerprint density at radius 2 is 2.06 bits per heavy atom. The van der Waals surface area contributed by atoms with Crippen molar-refractivity contribution in [3.8, 4) is 0 Å². The Bertz CT molecular complexity index is 380. The number of nitrogens with two attached hydrogens (primary N) is 1. The van der Waals surface area contributed by atoms with Gasteiger partial charge in [-0.15, -0.1) is 0 Å². The van der Waals surface area contributed by atoms with E-state index >= 15 is 0 Å². The lowest BCUT2D eigenvalue weighted by molar-refractivity contribution is 0.0875. The summed E-state index contributed by atoms with van der Waals surface area (Å²) in [6.07, 6.45) is 0. The number of hydrogen-bond acceptors (Lipinski definition) is 4. The molecule has 0 heterocycles. The number of aliphatic hydroxyl groups is 2. The molecule has 5 nitrogen and oxygen atoms in total. The summed E-state index contributed by atoms with van der Waals surface area (Å²) in [5.74, 6) is -1.45. The number of nitrogen functional groups attached to an aromatic ring is 1. The van der Waals surface area contributed by atoms with Crippen molar-refractivity contribution in [2.24, 2.45) is 0 Å². The highest BCUT2D eigenvalue weighted by Gasteiger charge is 2.15. The maximum atomic E-state index is 13.3. The molecular formula is C10H13FN2O3. The predicted octanol–water partition coefficient (Wildman–Crippen LogP) is -0.509. The molecule has 0 fully saturated rings. The standard InChI is InChI=1S/C10H13FN2O3/c11-9-3-6(12)1-2-8(9)10(16)13-7(4-14)5-15/h1-3,7,14-15H,4-5,12H2,(H,13,16). The van der Waals surface area contributed by atoms with Gasteiger partial charge in [-0.05, 0) is 18.2 Å². The highest BCUT2D eigenvalue weighted by molar-refractivity contribution is 5.95. The van der Waals surface area contributed by atoms with Crippen molar-refractivity contribution in [2.75, 3.05) is 18.9 Å². The van der Waals surface area contributed by atoms with Crippen LogP contribution in [0.15, 0.2) is 18.2 Å². The second-order valence-electron chi connectivity index (χ2n) is 3.27. The molecule has 1 aromatic carbocycles. The normalized spacial score (nSPS) is 10.5. The van der Waals surface area contributed by atoms with E-state index in [1.165, 1.54) is 12.1 Å². The van der Waals surface area contributed by atoms with E-state index in [1.54, 1.807) is 0 Å². The first-order valence-electron chi connectivity index (χ1n) is 4.66. The third-order valence-electron chi connectivity index (χ3n) is 2.01. The average Bonchev–Trinajstić information content (AvgIpc) is 2.25. The van der Waals surface area contributed by atoms with Gasteiger partial charge in [0.1, 0.15) is 5.82 Å². The highest BCUT2D eigenvalue weighted by atomic mass is 19.1. The van der Waals surface area contributed by atoms with Crippen LogP contribution in [0.2, 0.25) is 0 Å². The van der Waals surface area contributed by atoms with Crippen LogP contribution < -0.4 is 11.1 Å². The maximum Gasteiger partial charge on any atom is 0.254 e. The molecule has 0 unspecified atom stereocenters. The van der Waals surface area contributed by atoms with Gasteiger partial charge in [-0.1, -0.05) is 0 Å². The van der Waals surface area contributed by atoms with Crippen LogP contribution in [0, 0.1) is 5.82 Å². The Morgan fingerprint density at radius 3 is 2.56 bits per heavy atom. The van der Waals surface area contributed by atoms with Crippen molar-refractivity contribution >= 4 is 11.6 Å². The van der Waals surface area contributed by atoms with Crippen molar-refractivity contribution in [3.05, 3.63) is 29.6 Å². The zero-order valence-electron chi connectivity index (χ0n) is 8.48. The molecule has 0 atom stereocenters. The van der Waals surface area contributed by atoms with Gasteiger partial charge in [0.2, 0.25) is 0 Å².